The normalized spacial score (nSPS) is 19.3. The monoisotopic (exact) mass is 395 g/mol. The van der Waals surface area contributed by atoms with E-state index in [1.165, 1.54) is 0 Å². The highest BCUT2D eigenvalue weighted by Gasteiger charge is 2.25. The van der Waals surface area contributed by atoms with Crippen LogP contribution in [0, 0.1) is 11.8 Å². The number of para-hydroxylation sites is 1. The maximum absolute atomic E-state index is 12.8. The Hall–Kier alpha value is -2.43. The van der Waals surface area contributed by atoms with Gasteiger partial charge < -0.3 is 10.6 Å². The summed E-state index contributed by atoms with van der Waals surface area (Å²) in [6, 6.07) is 9.90. The molecule has 1 aliphatic rings. The molecule has 5 heteroatoms. The number of pyridine rings is 1. The van der Waals surface area contributed by atoms with Crippen LogP contribution in [0.1, 0.15) is 74.8 Å². The standard InChI is InChI=1S/C24H33N3O2/c1-4-23(28)25-15-17-9-11-18(12-10-17)22-13-20(24(29)26-14-16(2)3)19-7-5-6-8-21(19)27-22/h5-8,13,16-18H,4,9-12,14-15H2,1-3H3,(H,25,28)(H,26,29). The highest BCUT2D eigenvalue weighted by atomic mass is 16.2. The second-order valence-corrected chi connectivity index (χ2v) is 8.59. The van der Waals surface area contributed by atoms with Crippen molar-refractivity contribution in [1.29, 1.82) is 0 Å². The minimum absolute atomic E-state index is 0.0190. The number of carbonyl (C=O) groups is 2. The first-order chi connectivity index (χ1) is 14.0. The summed E-state index contributed by atoms with van der Waals surface area (Å²) < 4.78 is 0. The van der Waals surface area contributed by atoms with Gasteiger partial charge in [-0.1, -0.05) is 39.0 Å². The molecule has 0 bridgehead atoms. The quantitative estimate of drug-likeness (QED) is 0.729. The first kappa shape index (κ1) is 21.3. The molecule has 0 saturated heterocycles. The zero-order chi connectivity index (χ0) is 20.8. The third-order valence-corrected chi connectivity index (χ3v) is 5.83. The Balaban J connectivity index is 1.75. The maximum Gasteiger partial charge on any atom is 0.252 e. The number of nitrogens with zero attached hydrogens (tertiary/aromatic N) is 1. The molecule has 156 valence electrons. The summed E-state index contributed by atoms with van der Waals surface area (Å²) in [5.41, 5.74) is 2.63. The van der Waals surface area contributed by atoms with Crippen LogP contribution in [0.4, 0.5) is 0 Å². The molecule has 1 aliphatic carbocycles. The number of benzene rings is 1. The van der Waals surface area contributed by atoms with Gasteiger partial charge in [0.25, 0.3) is 5.91 Å². The molecule has 29 heavy (non-hydrogen) atoms. The van der Waals surface area contributed by atoms with Gasteiger partial charge in [-0.05, 0) is 49.7 Å². The van der Waals surface area contributed by atoms with E-state index in [4.69, 9.17) is 4.98 Å². The number of hydrogen-bond donors (Lipinski definition) is 2. The molecule has 2 amide bonds. The predicted molar refractivity (Wildman–Crippen MR) is 117 cm³/mol. The van der Waals surface area contributed by atoms with Crippen LogP contribution < -0.4 is 10.6 Å². The summed E-state index contributed by atoms with van der Waals surface area (Å²) >= 11 is 0. The molecule has 1 heterocycles. The molecule has 1 aromatic heterocycles. The van der Waals surface area contributed by atoms with Crippen molar-refractivity contribution < 1.29 is 9.59 Å². The molecule has 0 spiro atoms. The second kappa shape index (κ2) is 9.86. The van der Waals surface area contributed by atoms with Gasteiger partial charge in [0.05, 0.1) is 11.1 Å². The third kappa shape index (κ3) is 5.55. The second-order valence-electron chi connectivity index (χ2n) is 8.59. The van der Waals surface area contributed by atoms with Crippen LogP contribution in [-0.4, -0.2) is 29.9 Å². The molecule has 0 aliphatic heterocycles. The molecule has 2 aromatic rings. The lowest BCUT2D eigenvalue weighted by molar-refractivity contribution is -0.121. The molecular formula is C24H33N3O2. The molecule has 1 saturated carbocycles. The smallest absolute Gasteiger partial charge is 0.252 e. The van der Waals surface area contributed by atoms with Crippen molar-refractivity contribution in [2.45, 2.75) is 58.8 Å². The fourth-order valence-corrected chi connectivity index (χ4v) is 4.03. The lowest BCUT2D eigenvalue weighted by atomic mass is 9.80. The Kier molecular flexibility index (Phi) is 7.24. The average Bonchev–Trinajstić information content (AvgIpc) is 2.75. The lowest BCUT2D eigenvalue weighted by Gasteiger charge is -2.28. The number of amides is 2. The van der Waals surface area contributed by atoms with Gasteiger partial charge in [-0.3, -0.25) is 14.6 Å². The van der Waals surface area contributed by atoms with E-state index in [2.05, 4.69) is 24.5 Å². The van der Waals surface area contributed by atoms with E-state index >= 15 is 0 Å². The van der Waals surface area contributed by atoms with Gasteiger partial charge in [0.1, 0.15) is 0 Å². The predicted octanol–water partition coefficient (Wildman–Crippen LogP) is 4.42. The Morgan fingerprint density at radius 2 is 1.83 bits per heavy atom. The van der Waals surface area contributed by atoms with E-state index in [0.717, 1.165) is 54.4 Å². The molecule has 1 fully saturated rings. The fraction of sp³-hybridized carbons (Fsp3) is 0.542. The van der Waals surface area contributed by atoms with Crippen LogP contribution in [-0.2, 0) is 4.79 Å². The van der Waals surface area contributed by atoms with E-state index in [-0.39, 0.29) is 11.8 Å². The van der Waals surface area contributed by atoms with Gasteiger partial charge in [-0.25, -0.2) is 0 Å². The van der Waals surface area contributed by atoms with Crippen LogP contribution in [0.5, 0.6) is 0 Å². The van der Waals surface area contributed by atoms with E-state index < -0.39 is 0 Å². The largest absolute Gasteiger partial charge is 0.356 e. The first-order valence-corrected chi connectivity index (χ1v) is 10.9. The number of aromatic nitrogens is 1. The minimum Gasteiger partial charge on any atom is -0.356 e. The fourth-order valence-electron chi connectivity index (χ4n) is 4.03. The summed E-state index contributed by atoms with van der Waals surface area (Å²) in [6.07, 6.45) is 4.80. The van der Waals surface area contributed by atoms with Gasteiger partial charge in [0.2, 0.25) is 5.91 Å². The minimum atomic E-state index is -0.0190. The molecule has 0 unspecified atom stereocenters. The van der Waals surface area contributed by atoms with Crippen molar-refractivity contribution in [3.63, 3.8) is 0 Å². The maximum atomic E-state index is 12.8. The van der Waals surface area contributed by atoms with E-state index in [1.54, 1.807) is 0 Å². The highest BCUT2D eigenvalue weighted by molar-refractivity contribution is 6.06. The summed E-state index contributed by atoms with van der Waals surface area (Å²) in [7, 11) is 0. The van der Waals surface area contributed by atoms with E-state index in [9.17, 15) is 9.59 Å². The van der Waals surface area contributed by atoms with Crippen LogP contribution in [0.15, 0.2) is 30.3 Å². The average molecular weight is 396 g/mol. The number of nitrogens with one attached hydrogen (secondary N) is 2. The zero-order valence-electron chi connectivity index (χ0n) is 17.8. The molecule has 1 aromatic carbocycles. The molecule has 3 rings (SSSR count). The summed E-state index contributed by atoms with van der Waals surface area (Å²) in [4.78, 5) is 29.3. The van der Waals surface area contributed by atoms with Crippen LogP contribution in [0.25, 0.3) is 10.9 Å². The van der Waals surface area contributed by atoms with Crippen LogP contribution in [0.3, 0.4) is 0 Å². The van der Waals surface area contributed by atoms with Gasteiger partial charge in [-0.15, -0.1) is 0 Å². The molecule has 2 N–H and O–H groups in total. The molecule has 0 radical (unpaired) electrons. The van der Waals surface area contributed by atoms with Gasteiger partial charge in [-0.2, -0.15) is 0 Å². The van der Waals surface area contributed by atoms with Gasteiger partial charge >= 0.3 is 0 Å². The van der Waals surface area contributed by atoms with E-state index in [0.29, 0.717) is 30.7 Å². The summed E-state index contributed by atoms with van der Waals surface area (Å²) in [6.45, 7) is 7.51. The highest BCUT2D eigenvalue weighted by Crippen LogP contribution is 2.36. The van der Waals surface area contributed by atoms with Crippen LogP contribution in [0.2, 0.25) is 0 Å². The topological polar surface area (TPSA) is 71.1 Å². The number of carbonyl (C=O) groups excluding carboxylic acids is 2. The third-order valence-electron chi connectivity index (χ3n) is 5.83. The van der Waals surface area contributed by atoms with Crippen molar-refractivity contribution in [3.05, 3.63) is 41.6 Å². The van der Waals surface area contributed by atoms with Crippen molar-refractivity contribution in [1.82, 2.24) is 15.6 Å². The Morgan fingerprint density at radius 3 is 2.52 bits per heavy atom. The molecule has 0 atom stereocenters. The molecule has 5 nitrogen and oxygen atoms in total. The van der Waals surface area contributed by atoms with Crippen LogP contribution >= 0.6 is 0 Å². The van der Waals surface area contributed by atoms with Crippen molar-refractivity contribution in [3.8, 4) is 0 Å². The summed E-state index contributed by atoms with van der Waals surface area (Å²) in [5.74, 6) is 1.43. The molecular weight excluding hydrogens is 362 g/mol. The number of rotatable bonds is 7. The van der Waals surface area contributed by atoms with Crippen molar-refractivity contribution in [2.75, 3.05) is 13.1 Å². The summed E-state index contributed by atoms with van der Waals surface area (Å²) in [5, 5.41) is 6.98. The van der Waals surface area contributed by atoms with E-state index in [1.807, 2.05) is 37.3 Å². The Labute approximate surface area is 173 Å². The van der Waals surface area contributed by atoms with Crippen molar-refractivity contribution >= 4 is 22.7 Å². The lowest BCUT2D eigenvalue weighted by Crippen LogP contribution is -2.30. The first-order valence-electron chi connectivity index (χ1n) is 10.9. The Morgan fingerprint density at radius 1 is 1.10 bits per heavy atom. The number of hydrogen-bond acceptors (Lipinski definition) is 3. The van der Waals surface area contributed by atoms with Gasteiger partial charge in [0, 0.05) is 36.5 Å². The van der Waals surface area contributed by atoms with Crippen molar-refractivity contribution in [2.24, 2.45) is 11.8 Å². The Bertz CT molecular complexity index is 854. The van der Waals surface area contributed by atoms with Gasteiger partial charge in [0.15, 0.2) is 0 Å². The zero-order valence-corrected chi connectivity index (χ0v) is 17.8. The number of fused-ring (bicyclic) bond motifs is 1. The SMILES string of the molecule is CCC(=O)NCC1CCC(c2cc(C(=O)NCC(C)C)c3ccccc3n2)CC1.